The highest BCUT2D eigenvalue weighted by molar-refractivity contribution is 6.10. The third-order valence-corrected chi connectivity index (χ3v) is 5.37. The van der Waals surface area contributed by atoms with E-state index < -0.39 is 22.9 Å². The summed E-state index contributed by atoms with van der Waals surface area (Å²) in [5.74, 6) is -0.413. The maximum absolute atomic E-state index is 14.0. The highest BCUT2D eigenvalue weighted by atomic mass is 19.1. The van der Waals surface area contributed by atoms with Crippen LogP contribution in [0.2, 0.25) is 0 Å². The number of rotatable bonds is 5. The van der Waals surface area contributed by atoms with Crippen LogP contribution in [0.25, 0.3) is 10.9 Å². The topological polar surface area (TPSA) is 99.5 Å². The second-order valence-electron chi connectivity index (χ2n) is 7.63. The van der Waals surface area contributed by atoms with Crippen LogP contribution in [0.3, 0.4) is 0 Å². The van der Waals surface area contributed by atoms with Gasteiger partial charge in [0, 0.05) is 41.3 Å². The summed E-state index contributed by atoms with van der Waals surface area (Å²) in [7, 11) is 0. The molecule has 0 saturated heterocycles. The molecule has 0 fully saturated rings. The smallest absolute Gasteiger partial charge is 0.244 e. The van der Waals surface area contributed by atoms with Crippen LogP contribution >= 0.6 is 0 Å². The fraction of sp³-hybridized carbons (Fsp3) is 0.120. The average Bonchev–Trinajstić information content (AvgIpc) is 2.85. The Bertz CT molecular complexity index is 1480. The summed E-state index contributed by atoms with van der Waals surface area (Å²) in [6.07, 6.45) is 4.18. The molecule has 9 heteroatoms. The number of fused-ring (bicyclic) bond motifs is 2. The Balaban J connectivity index is 1.50. The van der Waals surface area contributed by atoms with E-state index in [4.69, 9.17) is 9.47 Å². The zero-order valence-corrected chi connectivity index (χ0v) is 17.8. The van der Waals surface area contributed by atoms with E-state index in [9.17, 15) is 18.8 Å². The monoisotopic (exact) mass is 459 g/mol. The predicted molar refractivity (Wildman–Crippen MR) is 122 cm³/mol. The highest BCUT2D eigenvalue weighted by Crippen LogP contribution is 2.32. The van der Waals surface area contributed by atoms with Crippen molar-refractivity contribution >= 4 is 28.3 Å². The van der Waals surface area contributed by atoms with Crippen LogP contribution in [-0.2, 0) is 11.3 Å². The number of hydrogen-bond acceptors (Lipinski definition) is 6. The van der Waals surface area contributed by atoms with E-state index in [1.807, 2.05) is 0 Å². The van der Waals surface area contributed by atoms with Crippen LogP contribution in [0.5, 0.6) is 11.5 Å². The third-order valence-electron chi connectivity index (χ3n) is 5.37. The number of nitrogens with one attached hydrogen (secondary N) is 1. The summed E-state index contributed by atoms with van der Waals surface area (Å²) in [5.41, 5.74) is 0.297. The fourth-order valence-corrected chi connectivity index (χ4v) is 3.79. The van der Waals surface area contributed by atoms with Crippen molar-refractivity contribution in [3.8, 4) is 11.5 Å². The summed E-state index contributed by atoms with van der Waals surface area (Å²) in [5, 5.41) is 2.89. The quantitative estimate of drug-likeness (QED) is 0.460. The molecule has 1 aliphatic rings. The van der Waals surface area contributed by atoms with E-state index >= 15 is 0 Å². The Morgan fingerprint density at radius 3 is 2.56 bits per heavy atom. The molecule has 34 heavy (non-hydrogen) atoms. The first-order chi connectivity index (χ1) is 16.5. The molecular weight excluding hydrogens is 441 g/mol. The van der Waals surface area contributed by atoms with Crippen molar-refractivity contribution in [3.05, 3.63) is 94.3 Å². The van der Waals surface area contributed by atoms with Gasteiger partial charge in [0.15, 0.2) is 17.3 Å². The van der Waals surface area contributed by atoms with Crippen LogP contribution in [0.15, 0.2) is 71.9 Å². The maximum atomic E-state index is 14.0. The van der Waals surface area contributed by atoms with Gasteiger partial charge < -0.3 is 19.4 Å². The van der Waals surface area contributed by atoms with Crippen molar-refractivity contribution in [1.82, 2.24) is 9.55 Å². The average molecular weight is 459 g/mol. The number of ketones is 1. The van der Waals surface area contributed by atoms with Crippen molar-refractivity contribution in [2.45, 2.75) is 6.54 Å². The molecule has 0 radical (unpaired) electrons. The van der Waals surface area contributed by atoms with Gasteiger partial charge in [0.05, 0.1) is 11.1 Å². The number of hydrogen-bond donors (Lipinski definition) is 1. The van der Waals surface area contributed by atoms with Gasteiger partial charge in [-0.25, -0.2) is 4.39 Å². The molecule has 0 aliphatic carbocycles. The number of carbonyl (C=O) groups is 2. The molecule has 8 nitrogen and oxygen atoms in total. The lowest BCUT2D eigenvalue weighted by molar-refractivity contribution is -0.116. The van der Waals surface area contributed by atoms with Crippen LogP contribution in [0.1, 0.15) is 15.9 Å². The van der Waals surface area contributed by atoms with E-state index in [0.29, 0.717) is 30.4 Å². The van der Waals surface area contributed by atoms with Crippen LogP contribution in [0.4, 0.5) is 10.1 Å². The standard InChI is InChI=1S/C25H18FN3O5/c26-16-1-3-18-20(11-16)29(13-19(25(18)32)24(31)15-5-7-27-8-6-15)14-23(30)28-17-2-4-21-22(12-17)34-10-9-33-21/h1-8,11-13H,9-10,14H2,(H,28,30). The third kappa shape index (κ3) is 4.11. The van der Waals surface area contributed by atoms with E-state index in [2.05, 4.69) is 10.3 Å². The number of nitrogens with zero attached hydrogens (tertiary/aromatic N) is 2. The SMILES string of the molecule is O=C(Cn1cc(C(=O)c2ccncc2)c(=O)c2ccc(F)cc21)Nc1ccc2c(c1)OCCO2. The summed E-state index contributed by atoms with van der Waals surface area (Å²) in [6.45, 7) is 0.605. The number of amides is 1. The summed E-state index contributed by atoms with van der Waals surface area (Å²) < 4.78 is 26.4. The Kier molecular flexibility index (Phi) is 5.51. The number of aromatic nitrogens is 2. The Labute approximate surface area is 192 Å². The number of halogens is 1. The molecule has 0 unspecified atom stereocenters. The Morgan fingerprint density at radius 2 is 1.76 bits per heavy atom. The van der Waals surface area contributed by atoms with E-state index in [1.165, 1.54) is 41.4 Å². The lowest BCUT2D eigenvalue weighted by Gasteiger charge is -2.19. The molecule has 3 heterocycles. The van der Waals surface area contributed by atoms with Crippen LogP contribution < -0.4 is 20.2 Å². The summed E-state index contributed by atoms with van der Waals surface area (Å²) in [4.78, 5) is 42.7. The molecule has 2 aromatic heterocycles. The minimum absolute atomic E-state index is 0.127. The van der Waals surface area contributed by atoms with Gasteiger partial charge in [-0.15, -0.1) is 0 Å². The number of ether oxygens (including phenoxy) is 2. The minimum atomic E-state index is -0.568. The first kappa shape index (κ1) is 21.3. The number of anilines is 1. The van der Waals surface area contributed by atoms with Crippen molar-refractivity contribution in [2.24, 2.45) is 0 Å². The van der Waals surface area contributed by atoms with Crippen LogP contribution in [-0.4, -0.2) is 34.5 Å². The molecule has 0 atom stereocenters. The largest absolute Gasteiger partial charge is 0.486 e. The van der Waals surface area contributed by atoms with Gasteiger partial charge >= 0.3 is 0 Å². The van der Waals surface area contributed by atoms with Crippen molar-refractivity contribution in [3.63, 3.8) is 0 Å². The molecule has 0 spiro atoms. The van der Waals surface area contributed by atoms with Gasteiger partial charge in [-0.05, 0) is 42.5 Å². The van der Waals surface area contributed by atoms with Gasteiger partial charge in [0.1, 0.15) is 25.6 Å². The first-order valence-electron chi connectivity index (χ1n) is 10.5. The summed E-state index contributed by atoms with van der Waals surface area (Å²) >= 11 is 0. The number of carbonyl (C=O) groups excluding carboxylic acids is 2. The normalized spacial score (nSPS) is 12.4. The lowest BCUT2D eigenvalue weighted by atomic mass is 10.0. The molecule has 0 bridgehead atoms. The molecule has 0 saturated carbocycles. The molecule has 1 N–H and O–H groups in total. The molecule has 170 valence electrons. The van der Waals surface area contributed by atoms with Gasteiger partial charge in [-0.2, -0.15) is 0 Å². The van der Waals surface area contributed by atoms with E-state index in [-0.39, 0.29) is 28.6 Å². The highest BCUT2D eigenvalue weighted by Gasteiger charge is 2.19. The Morgan fingerprint density at radius 1 is 1.00 bits per heavy atom. The second-order valence-corrected chi connectivity index (χ2v) is 7.63. The van der Waals surface area contributed by atoms with E-state index in [1.54, 1.807) is 18.2 Å². The van der Waals surface area contributed by atoms with Crippen molar-refractivity contribution in [1.29, 1.82) is 0 Å². The maximum Gasteiger partial charge on any atom is 0.244 e. The van der Waals surface area contributed by atoms with E-state index in [0.717, 1.165) is 12.1 Å². The second kappa shape index (κ2) is 8.78. The molecule has 2 aromatic carbocycles. The lowest BCUT2D eigenvalue weighted by Crippen LogP contribution is -2.24. The number of pyridine rings is 2. The van der Waals surface area contributed by atoms with Gasteiger partial charge in [-0.3, -0.25) is 19.4 Å². The molecule has 5 rings (SSSR count). The fourth-order valence-electron chi connectivity index (χ4n) is 3.79. The van der Waals surface area contributed by atoms with Crippen LogP contribution in [0, 0.1) is 5.82 Å². The molecular formula is C25H18FN3O5. The van der Waals surface area contributed by atoms with Gasteiger partial charge in [0.25, 0.3) is 0 Å². The molecule has 1 amide bonds. The van der Waals surface area contributed by atoms with Gasteiger partial charge in [-0.1, -0.05) is 0 Å². The van der Waals surface area contributed by atoms with Crippen molar-refractivity contribution < 1.29 is 23.5 Å². The van der Waals surface area contributed by atoms with Crippen molar-refractivity contribution in [2.75, 3.05) is 18.5 Å². The Hall–Kier alpha value is -4.53. The number of benzene rings is 2. The minimum Gasteiger partial charge on any atom is -0.486 e. The predicted octanol–water partition coefficient (Wildman–Crippen LogP) is 3.18. The van der Waals surface area contributed by atoms with Gasteiger partial charge in [0.2, 0.25) is 11.3 Å². The molecule has 1 aliphatic heterocycles. The first-order valence-corrected chi connectivity index (χ1v) is 10.5. The zero-order valence-electron chi connectivity index (χ0n) is 17.8. The zero-order chi connectivity index (χ0) is 23.7. The molecule has 4 aromatic rings. The summed E-state index contributed by atoms with van der Waals surface area (Å²) in [6, 6.07) is 11.6.